The van der Waals surface area contributed by atoms with Crippen LogP contribution in [0, 0.1) is 0 Å². The van der Waals surface area contributed by atoms with Gasteiger partial charge in [-0.3, -0.25) is 0 Å². The maximum absolute atomic E-state index is 12.2. The lowest BCUT2D eigenvalue weighted by Crippen LogP contribution is -2.33. The van der Waals surface area contributed by atoms with Gasteiger partial charge in [0, 0.05) is 43.6 Å². The molecule has 0 aliphatic heterocycles. The van der Waals surface area contributed by atoms with Gasteiger partial charge < -0.3 is 15.2 Å². The van der Waals surface area contributed by atoms with Crippen molar-refractivity contribution in [3.8, 4) is 0 Å². The predicted octanol–water partition coefficient (Wildman–Crippen LogP) is 0.639. The quantitative estimate of drug-likeness (QED) is 0.625. The summed E-state index contributed by atoms with van der Waals surface area (Å²) < 4.78 is 27.1. The maximum atomic E-state index is 12.2. The Kier molecular flexibility index (Phi) is 4.35. The molecule has 0 spiro atoms. The molecule has 7 heteroatoms. The average Bonchev–Trinajstić information content (AvgIpc) is 3.35. The zero-order valence-electron chi connectivity index (χ0n) is 12.4. The first kappa shape index (κ1) is 15.0. The lowest BCUT2D eigenvalue weighted by molar-refractivity contribution is 0.329. The normalized spacial score (nSPS) is 19.3. The Morgan fingerprint density at radius 3 is 2.76 bits per heavy atom. The van der Waals surface area contributed by atoms with Crippen molar-refractivity contribution in [1.82, 2.24) is 19.9 Å². The van der Waals surface area contributed by atoms with E-state index in [1.54, 1.807) is 12.3 Å². The summed E-state index contributed by atoms with van der Waals surface area (Å²) in [7, 11) is -1.35. The van der Waals surface area contributed by atoms with Crippen LogP contribution in [0.25, 0.3) is 0 Å². The molecule has 0 bridgehead atoms. The smallest absolute Gasteiger partial charge is 0.242 e. The summed E-state index contributed by atoms with van der Waals surface area (Å²) >= 11 is 0. The van der Waals surface area contributed by atoms with Crippen molar-refractivity contribution < 1.29 is 8.42 Å². The van der Waals surface area contributed by atoms with E-state index in [9.17, 15) is 8.42 Å². The minimum absolute atomic E-state index is 0.323. The minimum Gasteiger partial charge on any atom is -0.363 e. The predicted molar refractivity (Wildman–Crippen MR) is 81.5 cm³/mol. The molecule has 0 saturated heterocycles. The number of nitrogens with zero attached hydrogens (tertiary/aromatic N) is 1. The molecule has 1 heterocycles. The Hall–Kier alpha value is -0.890. The third-order valence-electron chi connectivity index (χ3n) is 4.11. The number of aromatic amines is 1. The lowest BCUT2D eigenvalue weighted by Gasteiger charge is -2.15. The van der Waals surface area contributed by atoms with Gasteiger partial charge in [0.1, 0.15) is 0 Å². The molecule has 2 saturated carbocycles. The van der Waals surface area contributed by atoms with Gasteiger partial charge >= 0.3 is 0 Å². The lowest BCUT2D eigenvalue weighted by atomic mass is 10.4. The molecular weight excluding hydrogens is 288 g/mol. The standard InChI is InChI=1S/C14H24N4O2S/c1-18(13-4-5-13)7-6-17-21(19,20)14-8-12(16-10-14)9-15-11-2-3-11/h8,10-11,13,15-17H,2-7,9H2,1H3. The molecule has 0 unspecified atom stereocenters. The number of H-pyrrole nitrogens is 1. The number of aromatic nitrogens is 1. The largest absolute Gasteiger partial charge is 0.363 e. The molecule has 6 nitrogen and oxygen atoms in total. The minimum atomic E-state index is -3.40. The van der Waals surface area contributed by atoms with Gasteiger partial charge in [-0.2, -0.15) is 0 Å². The van der Waals surface area contributed by atoms with E-state index < -0.39 is 10.0 Å². The molecule has 3 N–H and O–H groups in total. The molecular formula is C14H24N4O2S. The SMILES string of the molecule is CN(CCNS(=O)(=O)c1c[nH]c(CNC2CC2)c1)C1CC1. The van der Waals surface area contributed by atoms with Gasteiger partial charge in [0.15, 0.2) is 0 Å². The van der Waals surface area contributed by atoms with Crippen molar-refractivity contribution >= 4 is 10.0 Å². The molecule has 118 valence electrons. The fourth-order valence-corrected chi connectivity index (χ4v) is 3.39. The van der Waals surface area contributed by atoms with Crippen molar-refractivity contribution in [2.45, 2.75) is 49.2 Å². The van der Waals surface area contributed by atoms with Crippen LogP contribution in [0.5, 0.6) is 0 Å². The van der Waals surface area contributed by atoms with Gasteiger partial charge in [-0.1, -0.05) is 0 Å². The molecule has 3 rings (SSSR count). The van der Waals surface area contributed by atoms with E-state index in [2.05, 4.69) is 19.9 Å². The first-order chi connectivity index (χ1) is 10.0. The number of nitrogens with one attached hydrogen (secondary N) is 3. The van der Waals surface area contributed by atoms with Gasteiger partial charge in [-0.25, -0.2) is 13.1 Å². The van der Waals surface area contributed by atoms with Crippen LogP contribution in [0.2, 0.25) is 0 Å². The van der Waals surface area contributed by atoms with E-state index in [1.165, 1.54) is 25.7 Å². The van der Waals surface area contributed by atoms with Gasteiger partial charge in [0.2, 0.25) is 10.0 Å². The monoisotopic (exact) mass is 312 g/mol. The Bertz CT molecular complexity index is 576. The first-order valence-corrected chi connectivity index (χ1v) is 9.13. The second kappa shape index (κ2) is 6.08. The van der Waals surface area contributed by atoms with Crippen molar-refractivity contribution in [2.24, 2.45) is 0 Å². The van der Waals surface area contributed by atoms with Crippen LogP contribution in [0.3, 0.4) is 0 Å². The molecule has 0 aromatic carbocycles. The zero-order valence-corrected chi connectivity index (χ0v) is 13.2. The van der Waals surface area contributed by atoms with Gasteiger partial charge in [0.25, 0.3) is 0 Å². The van der Waals surface area contributed by atoms with Crippen molar-refractivity contribution in [3.05, 3.63) is 18.0 Å². The summed E-state index contributed by atoms with van der Waals surface area (Å²) in [5, 5.41) is 3.36. The van der Waals surface area contributed by atoms with Crippen molar-refractivity contribution in [2.75, 3.05) is 20.1 Å². The highest BCUT2D eigenvalue weighted by molar-refractivity contribution is 7.89. The van der Waals surface area contributed by atoms with Gasteiger partial charge in [-0.05, 0) is 38.8 Å². The summed E-state index contributed by atoms with van der Waals surface area (Å²) in [5.41, 5.74) is 0.914. The average molecular weight is 312 g/mol. The van der Waals surface area contributed by atoms with E-state index in [0.29, 0.717) is 30.1 Å². The highest BCUT2D eigenvalue weighted by atomic mass is 32.2. The molecule has 21 heavy (non-hydrogen) atoms. The number of likely N-dealkylation sites (N-methyl/N-ethyl adjacent to an activating group) is 1. The van der Waals surface area contributed by atoms with Crippen LogP contribution in [0.1, 0.15) is 31.4 Å². The van der Waals surface area contributed by atoms with Crippen molar-refractivity contribution in [1.29, 1.82) is 0 Å². The molecule has 0 atom stereocenters. The Balaban J connectivity index is 1.48. The van der Waals surface area contributed by atoms with Gasteiger partial charge in [-0.15, -0.1) is 0 Å². The summed E-state index contributed by atoms with van der Waals surface area (Å²) in [6, 6.07) is 2.98. The molecule has 1 aromatic rings. The highest BCUT2D eigenvalue weighted by Crippen LogP contribution is 2.24. The van der Waals surface area contributed by atoms with Crippen LogP contribution < -0.4 is 10.0 Å². The fourth-order valence-electron chi connectivity index (χ4n) is 2.36. The molecule has 2 aliphatic carbocycles. The second-order valence-electron chi connectivity index (χ2n) is 6.13. The molecule has 2 aliphatic rings. The molecule has 1 aromatic heterocycles. The number of sulfonamides is 1. The van der Waals surface area contributed by atoms with E-state index in [0.717, 1.165) is 12.2 Å². The third-order valence-corrected chi connectivity index (χ3v) is 5.55. The van der Waals surface area contributed by atoms with Gasteiger partial charge in [0.05, 0.1) is 4.90 Å². The van der Waals surface area contributed by atoms with E-state index in [-0.39, 0.29) is 0 Å². The zero-order chi connectivity index (χ0) is 14.9. The Morgan fingerprint density at radius 2 is 2.10 bits per heavy atom. The summed E-state index contributed by atoms with van der Waals surface area (Å²) in [5.74, 6) is 0. The fraction of sp³-hybridized carbons (Fsp3) is 0.714. The summed E-state index contributed by atoms with van der Waals surface area (Å²) in [6.45, 7) is 1.91. The van der Waals surface area contributed by atoms with Crippen LogP contribution in [0.4, 0.5) is 0 Å². The topological polar surface area (TPSA) is 77.2 Å². The molecule has 0 amide bonds. The van der Waals surface area contributed by atoms with E-state index in [1.807, 2.05) is 7.05 Å². The van der Waals surface area contributed by atoms with Crippen molar-refractivity contribution in [3.63, 3.8) is 0 Å². The van der Waals surface area contributed by atoms with Crippen LogP contribution in [-0.2, 0) is 16.6 Å². The van der Waals surface area contributed by atoms with Crippen LogP contribution >= 0.6 is 0 Å². The molecule has 2 fully saturated rings. The molecule has 0 radical (unpaired) electrons. The van der Waals surface area contributed by atoms with Crippen LogP contribution in [0.15, 0.2) is 17.2 Å². The Labute approximate surface area is 126 Å². The number of hydrogen-bond acceptors (Lipinski definition) is 4. The number of hydrogen-bond donors (Lipinski definition) is 3. The highest BCUT2D eigenvalue weighted by Gasteiger charge is 2.26. The van der Waals surface area contributed by atoms with Crippen LogP contribution in [-0.4, -0.2) is 50.5 Å². The second-order valence-corrected chi connectivity index (χ2v) is 7.89. The number of rotatable bonds is 9. The van der Waals surface area contributed by atoms with E-state index >= 15 is 0 Å². The summed E-state index contributed by atoms with van der Waals surface area (Å²) in [6.07, 6.45) is 6.48. The maximum Gasteiger partial charge on any atom is 0.242 e. The Morgan fingerprint density at radius 1 is 1.33 bits per heavy atom. The third kappa shape index (κ3) is 4.29. The summed E-state index contributed by atoms with van der Waals surface area (Å²) in [4.78, 5) is 5.57. The first-order valence-electron chi connectivity index (χ1n) is 7.65. The van der Waals surface area contributed by atoms with E-state index in [4.69, 9.17) is 0 Å².